The summed E-state index contributed by atoms with van der Waals surface area (Å²) >= 11 is 0. The summed E-state index contributed by atoms with van der Waals surface area (Å²) in [5, 5.41) is 17.3. The van der Waals surface area contributed by atoms with Crippen molar-refractivity contribution in [3.8, 4) is 0 Å². The number of aromatic amines is 1. The van der Waals surface area contributed by atoms with E-state index >= 15 is 0 Å². The van der Waals surface area contributed by atoms with E-state index in [2.05, 4.69) is 20.6 Å². The van der Waals surface area contributed by atoms with Crippen molar-refractivity contribution in [2.45, 2.75) is 0 Å². The van der Waals surface area contributed by atoms with E-state index in [-0.39, 0.29) is 11.2 Å². The highest BCUT2D eigenvalue weighted by molar-refractivity contribution is 5.78. The van der Waals surface area contributed by atoms with Crippen LogP contribution in [0.25, 0.3) is 10.9 Å². The topological polar surface area (TPSA) is 113 Å². The quantitative estimate of drug-likeness (QED) is 0.364. The summed E-state index contributed by atoms with van der Waals surface area (Å²) in [6.07, 6.45) is 0. The minimum Gasteiger partial charge on any atom is -0.383 e. The fourth-order valence-corrected chi connectivity index (χ4v) is 2.26. The number of anilines is 2. The molecule has 0 saturated heterocycles. The Labute approximate surface area is 136 Å². The molecule has 0 aliphatic carbocycles. The van der Waals surface area contributed by atoms with Crippen LogP contribution < -0.4 is 16.2 Å². The molecule has 0 fully saturated rings. The lowest BCUT2D eigenvalue weighted by atomic mass is 10.2. The lowest BCUT2D eigenvalue weighted by Gasteiger charge is -2.08. The summed E-state index contributed by atoms with van der Waals surface area (Å²) in [7, 11) is 0. The third-order valence-corrected chi connectivity index (χ3v) is 3.44. The first-order valence-corrected chi connectivity index (χ1v) is 7.35. The molecule has 0 bridgehead atoms. The number of non-ortho nitro benzene ring substituents is 1. The number of hydrogen-bond donors (Lipinski definition) is 3. The van der Waals surface area contributed by atoms with E-state index in [1.54, 1.807) is 30.3 Å². The van der Waals surface area contributed by atoms with Crippen LogP contribution in [0.15, 0.2) is 53.3 Å². The fourth-order valence-electron chi connectivity index (χ4n) is 2.26. The summed E-state index contributed by atoms with van der Waals surface area (Å²) < 4.78 is 0. The maximum absolute atomic E-state index is 11.9. The van der Waals surface area contributed by atoms with Crippen molar-refractivity contribution in [2.24, 2.45) is 0 Å². The van der Waals surface area contributed by atoms with Gasteiger partial charge in [0.15, 0.2) is 0 Å². The number of rotatable bonds is 6. The Kier molecular flexibility index (Phi) is 4.37. The molecule has 1 aromatic heterocycles. The van der Waals surface area contributed by atoms with Gasteiger partial charge in [-0.2, -0.15) is 0 Å². The van der Waals surface area contributed by atoms with Gasteiger partial charge in [-0.05, 0) is 24.3 Å². The van der Waals surface area contributed by atoms with Gasteiger partial charge in [0, 0.05) is 30.9 Å². The van der Waals surface area contributed by atoms with Crippen LogP contribution in [0, 0.1) is 10.1 Å². The van der Waals surface area contributed by atoms with Crippen LogP contribution in [-0.4, -0.2) is 28.0 Å². The molecule has 0 aliphatic heterocycles. The molecule has 0 saturated carbocycles. The first kappa shape index (κ1) is 15.5. The summed E-state index contributed by atoms with van der Waals surface area (Å²) in [5.41, 5.74) is 1.28. The van der Waals surface area contributed by atoms with Crippen LogP contribution >= 0.6 is 0 Å². The Bertz CT molecular complexity index is 921. The first-order chi connectivity index (χ1) is 11.6. The van der Waals surface area contributed by atoms with Crippen LogP contribution in [0.4, 0.5) is 17.3 Å². The van der Waals surface area contributed by atoms with Gasteiger partial charge in [0.25, 0.3) is 11.2 Å². The molecule has 2 aromatic carbocycles. The fraction of sp³-hybridized carbons (Fsp3) is 0.125. The lowest BCUT2D eigenvalue weighted by molar-refractivity contribution is -0.384. The standard InChI is InChI=1S/C16H15N5O3/c22-15-13-3-1-2-4-14(13)19-16(20-15)18-10-9-17-11-5-7-12(8-6-11)21(23)24/h1-8,17H,9-10H2,(H2,18,19,20,22). The molecule has 0 unspecified atom stereocenters. The molecular formula is C16H15N5O3. The molecule has 122 valence electrons. The van der Waals surface area contributed by atoms with Gasteiger partial charge >= 0.3 is 0 Å². The van der Waals surface area contributed by atoms with Crippen LogP contribution in [0.2, 0.25) is 0 Å². The Morgan fingerprint density at radius 3 is 2.50 bits per heavy atom. The summed E-state index contributed by atoms with van der Waals surface area (Å²) in [4.78, 5) is 29.1. The number of aromatic nitrogens is 2. The number of para-hydroxylation sites is 1. The maximum Gasteiger partial charge on any atom is 0.269 e. The molecule has 8 nitrogen and oxygen atoms in total. The molecule has 1 heterocycles. The van der Waals surface area contributed by atoms with Crippen molar-refractivity contribution in [3.63, 3.8) is 0 Å². The average Bonchev–Trinajstić information content (AvgIpc) is 2.59. The summed E-state index contributed by atoms with van der Waals surface area (Å²) in [5.74, 6) is 0.407. The highest BCUT2D eigenvalue weighted by Crippen LogP contribution is 2.15. The molecule has 0 atom stereocenters. The van der Waals surface area contributed by atoms with Gasteiger partial charge in [0.05, 0.1) is 15.8 Å². The van der Waals surface area contributed by atoms with E-state index in [9.17, 15) is 14.9 Å². The second-order valence-electron chi connectivity index (χ2n) is 5.09. The van der Waals surface area contributed by atoms with Crippen molar-refractivity contribution in [1.29, 1.82) is 0 Å². The van der Waals surface area contributed by atoms with Crippen molar-refractivity contribution in [3.05, 3.63) is 69.0 Å². The summed E-state index contributed by atoms with van der Waals surface area (Å²) in [6, 6.07) is 13.3. The number of nitrogens with zero attached hydrogens (tertiary/aromatic N) is 2. The number of fused-ring (bicyclic) bond motifs is 1. The van der Waals surface area contributed by atoms with Gasteiger partial charge in [0.1, 0.15) is 0 Å². The van der Waals surface area contributed by atoms with Crippen molar-refractivity contribution < 1.29 is 4.92 Å². The Hall–Kier alpha value is -3.42. The maximum atomic E-state index is 11.9. The average molecular weight is 325 g/mol. The molecule has 24 heavy (non-hydrogen) atoms. The normalized spacial score (nSPS) is 10.5. The van der Waals surface area contributed by atoms with E-state index in [0.29, 0.717) is 29.9 Å². The zero-order valence-electron chi connectivity index (χ0n) is 12.7. The zero-order valence-corrected chi connectivity index (χ0v) is 12.7. The Balaban J connectivity index is 1.57. The smallest absolute Gasteiger partial charge is 0.269 e. The number of nitro benzene ring substituents is 1. The highest BCUT2D eigenvalue weighted by Gasteiger charge is 2.04. The third-order valence-electron chi connectivity index (χ3n) is 3.44. The first-order valence-electron chi connectivity index (χ1n) is 7.35. The van der Waals surface area contributed by atoms with Crippen molar-refractivity contribution in [1.82, 2.24) is 9.97 Å². The van der Waals surface area contributed by atoms with Crippen LogP contribution in [0.3, 0.4) is 0 Å². The number of H-pyrrole nitrogens is 1. The second kappa shape index (κ2) is 6.78. The van der Waals surface area contributed by atoms with Gasteiger partial charge < -0.3 is 10.6 Å². The number of nitrogens with one attached hydrogen (secondary N) is 3. The third kappa shape index (κ3) is 3.49. The van der Waals surface area contributed by atoms with E-state index in [1.807, 2.05) is 6.07 Å². The number of hydrogen-bond acceptors (Lipinski definition) is 6. The SMILES string of the molecule is O=c1[nH]c(NCCNc2ccc([N+](=O)[O-])cc2)nc2ccccc12. The molecule has 0 spiro atoms. The van der Waals surface area contributed by atoms with E-state index < -0.39 is 4.92 Å². The van der Waals surface area contributed by atoms with Crippen molar-refractivity contribution >= 4 is 28.2 Å². The zero-order chi connectivity index (χ0) is 16.9. The minimum atomic E-state index is -0.437. The largest absolute Gasteiger partial charge is 0.383 e. The second-order valence-corrected chi connectivity index (χ2v) is 5.09. The summed E-state index contributed by atoms with van der Waals surface area (Å²) in [6.45, 7) is 1.09. The van der Waals surface area contributed by atoms with Crippen LogP contribution in [0.1, 0.15) is 0 Å². The van der Waals surface area contributed by atoms with Gasteiger partial charge in [-0.15, -0.1) is 0 Å². The molecule has 0 amide bonds. The van der Waals surface area contributed by atoms with Gasteiger partial charge in [-0.25, -0.2) is 4.98 Å². The number of benzene rings is 2. The molecule has 0 radical (unpaired) electrons. The van der Waals surface area contributed by atoms with Gasteiger partial charge in [0.2, 0.25) is 5.95 Å². The Morgan fingerprint density at radius 2 is 1.75 bits per heavy atom. The van der Waals surface area contributed by atoms with Gasteiger partial charge in [-0.1, -0.05) is 12.1 Å². The monoisotopic (exact) mass is 325 g/mol. The van der Waals surface area contributed by atoms with Crippen LogP contribution in [-0.2, 0) is 0 Å². The lowest BCUT2D eigenvalue weighted by Crippen LogP contribution is -2.18. The van der Waals surface area contributed by atoms with E-state index in [0.717, 1.165) is 5.69 Å². The van der Waals surface area contributed by atoms with E-state index in [4.69, 9.17) is 0 Å². The van der Waals surface area contributed by atoms with Crippen LogP contribution in [0.5, 0.6) is 0 Å². The Morgan fingerprint density at radius 1 is 1.04 bits per heavy atom. The molecule has 0 aliphatic rings. The predicted molar refractivity (Wildman–Crippen MR) is 92.4 cm³/mol. The van der Waals surface area contributed by atoms with Crippen molar-refractivity contribution in [2.75, 3.05) is 23.7 Å². The molecular weight excluding hydrogens is 310 g/mol. The van der Waals surface area contributed by atoms with E-state index in [1.165, 1.54) is 12.1 Å². The minimum absolute atomic E-state index is 0.0524. The molecule has 3 rings (SSSR count). The highest BCUT2D eigenvalue weighted by atomic mass is 16.6. The predicted octanol–water partition coefficient (Wildman–Crippen LogP) is 2.36. The number of nitro groups is 1. The van der Waals surface area contributed by atoms with Gasteiger partial charge in [-0.3, -0.25) is 19.9 Å². The molecule has 3 N–H and O–H groups in total. The molecule has 8 heteroatoms. The molecule has 3 aromatic rings.